The summed E-state index contributed by atoms with van der Waals surface area (Å²) in [7, 11) is 0. The molecular formula is C14H24N2O3. The lowest BCUT2D eigenvalue weighted by Gasteiger charge is -2.40. The van der Waals surface area contributed by atoms with Crippen molar-refractivity contribution >= 4 is 12.0 Å². The number of piperidine rings is 1. The summed E-state index contributed by atoms with van der Waals surface area (Å²) in [5.74, 6) is -0.257. The van der Waals surface area contributed by atoms with Crippen molar-refractivity contribution in [3.63, 3.8) is 0 Å². The van der Waals surface area contributed by atoms with Gasteiger partial charge in [0, 0.05) is 12.6 Å². The molecule has 108 valence electrons. The molecule has 5 heteroatoms. The van der Waals surface area contributed by atoms with Crippen LogP contribution in [0.4, 0.5) is 4.79 Å². The number of carboxylic acids is 1. The number of hydrogen-bond acceptors (Lipinski definition) is 2. The Morgan fingerprint density at radius 2 is 1.84 bits per heavy atom. The molecule has 2 aliphatic rings. The molecule has 2 atom stereocenters. The van der Waals surface area contributed by atoms with Crippen molar-refractivity contribution in [3.05, 3.63) is 0 Å². The number of carboxylic acid groups (broad SMARTS) is 1. The van der Waals surface area contributed by atoms with Crippen LogP contribution in [0.3, 0.4) is 0 Å². The molecule has 5 nitrogen and oxygen atoms in total. The zero-order valence-electron chi connectivity index (χ0n) is 12.2. The Morgan fingerprint density at radius 1 is 1.21 bits per heavy atom. The molecule has 0 aromatic carbocycles. The zero-order chi connectivity index (χ0) is 14.4. The van der Waals surface area contributed by atoms with Gasteiger partial charge in [-0.1, -0.05) is 0 Å². The number of carbonyl (C=O) groups excluding carboxylic acids is 1. The lowest BCUT2D eigenvalue weighted by Crippen LogP contribution is -2.60. The van der Waals surface area contributed by atoms with E-state index in [4.69, 9.17) is 0 Å². The van der Waals surface area contributed by atoms with E-state index >= 15 is 0 Å². The third-order valence-electron chi connectivity index (χ3n) is 5.19. The lowest BCUT2D eigenvalue weighted by atomic mass is 9.74. The molecule has 19 heavy (non-hydrogen) atoms. The van der Waals surface area contributed by atoms with Gasteiger partial charge >= 0.3 is 12.0 Å². The normalized spacial score (nSPS) is 26.6. The van der Waals surface area contributed by atoms with E-state index in [1.807, 2.05) is 4.90 Å². The average molecular weight is 268 g/mol. The topological polar surface area (TPSA) is 69.6 Å². The molecule has 1 saturated heterocycles. The van der Waals surface area contributed by atoms with E-state index < -0.39 is 16.9 Å². The Kier molecular flexibility index (Phi) is 3.27. The maximum atomic E-state index is 12.3. The maximum absolute atomic E-state index is 12.3. The fourth-order valence-corrected chi connectivity index (χ4v) is 2.94. The highest BCUT2D eigenvalue weighted by atomic mass is 16.4. The molecule has 2 rings (SSSR count). The van der Waals surface area contributed by atoms with Gasteiger partial charge in [0.25, 0.3) is 0 Å². The van der Waals surface area contributed by atoms with Crippen LogP contribution < -0.4 is 5.32 Å². The van der Waals surface area contributed by atoms with Gasteiger partial charge < -0.3 is 15.3 Å². The highest BCUT2D eigenvalue weighted by molar-refractivity contribution is 5.80. The first-order valence-electron chi connectivity index (χ1n) is 6.97. The van der Waals surface area contributed by atoms with Gasteiger partial charge in [-0.25, -0.2) is 4.79 Å². The first-order chi connectivity index (χ1) is 8.65. The van der Waals surface area contributed by atoms with E-state index in [0.29, 0.717) is 12.0 Å². The number of likely N-dealkylation sites (tertiary alicyclic amines) is 1. The van der Waals surface area contributed by atoms with Gasteiger partial charge in [0.05, 0.1) is 11.0 Å². The summed E-state index contributed by atoms with van der Waals surface area (Å²) < 4.78 is 0. The quantitative estimate of drug-likeness (QED) is 0.823. The van der Waals surface area contributed by atoms with E-state index in [9.17, 15) is 14.7 Å². The number of rotatable bonds is 3. The minimum absolute atomic E-state index is 0.119. The van der Waals surface area contributed by atoms with Crippen molar-refractivity contribution in [2.24, 2.45) is 11.3 Å². The summed E-state index contributed by atoms with van der Waals surface area (Å²) in [4.78, 5) is 25.6. The van der Waals surface area contributed by atoms with Gasteiger partial charge in [0.2, 0.25) is 0 Å². The SMILES string of the molecule is CC(C)(NC(=O)N1CC2CCC1C2)C(C)(C)C(=O)O. The van der Waals surface area contributed by atoms with Crippen molar-refractivity contribution in [2.75, 3.05) is 6.54 Å². The number of carbonyl (C=O) groups is 2. The predicted molar refractivity (Wildman–Crippen MR) is 71.9 cm³/mol. The molecule has 2 amide bonds. The number of nitrogens with zero attached hydrogens (tertiary/aromatic N) is 1. The summed E-state index contributed by atoms with van der Waals surface area (Å²) in [5.41, 5.74) is -1.81. The van der Waals surface area contributed by atoms with Crippen LogP contribution in [-0.4, -0.2) is 40.1 Å². The molecule has 2 fully saturated rings. The fraction of sp³-hybridized carbons (Fsp3) is 0.857. The van der Waals surface area contributed by atoms with Crippen molar-refractivity contribution in [1.29, 1.82) is 0 Å². The van der Waals surface area contributed by atoms with Crippen molar-refractivity contribution < 1.29 is 14.7 Å². The molecule has 1 saturated carbocycles. The van der Waals surface area contributed by atoms with Crippen molar-refractivity contribution in [2.45, 2.75) is 58.5 Å². The van der Waals surface area contributed by atoms with Gasteiger partial charge in [-0.05, 0) is 52.9 Å². The van der Waals surface area contributed by atoms with Crippen molar-refractivity contribution in [1.82, 2.24) is 10.2 Å². The number of hydrogen-bond donors (Lipinski definition) is 2. The molecular weight excluding hydrogens is 244 g/mol. The van der Waals surface area contributed by atoms with Gasteiger partial charge in [-0.3, -0.25) is 4.79 Å². The Balaban J connectivity index is 2.04. The van der Waals surface area contributed by atoms with Crippen LogP contribution in [0.5, 0.6) is 0 Å². The minimum atomic E-state index is -1.01. The van der Waals surface area contributed by atoms with Crippen LogP contribution in [0.15, 0.2) is 0 Å². The number of aliphatic carboxylic acids is 1. The smallest absolute Gasteiger partial charge is 0.318 e. The number of fused-ring (bicyclic) bond motifs is 2. The highest BCUT2D eigenvalue weighted by Gasteiger charge is 2.47. The summed E-state index contributed by atoms with van der Waals surface area (Å²) in [6.45, 7) is 7.65. The Hall–Kier alpha value is -1.26. The highest BCUT2D eigenvalue weighted by Crippen LogP contribution is 2.38. The molecule has 0 spiro atoms. The lowest BCUT2D eigenvalue weighted by molar-refractivity contribution is -0.150. The second-order valence-electron chi connectivity index (χ2n) is 6.97. The predicted octanol–water partition coefficient (Wildman–Crippen LogP) is 2.07. The summed E-state index contributed by atoms with van der Waals surface area (Å²) in [6.07, 6.45) is 3.41. The van der Waals surface area contributed by atoms with Gasteiger partial charge in [-0.15, -0.1) is 0 Å². The van der Waals surface area contributed by atoms with Crippen LogP contribution in [0.2, 0.25) is 0 Å². The standard InChI is InChI=1S/C14H24N2O3/c1-13(2,11(17)18)14(3,4)15-12(19)16-8-9-5-6-10(16)7-9/h9-10H,5-8H2,1-4H3,(H,15,19)(H,17,18). The molecule has 1 aliphatic heterocycles. The molecule has 0 aromatic rings. The Morgan fingerprint density at radius 3 is 2.26 bits per heavy atom. The van der Waals surface area contributed by atoms with Gasteiger partial charge in [-0.2, -0.15) is 0 Å². The molecule has 1 aliphatic carbocycles. The molecule has 2 unspecified atom stereocenters. The first kappa shape index (κ1) is 14.2. The number of urea groups is 1. The summed E-state index contributed by atoms with van der Waals surface area (Å²) in [6, 6.07) is 0.236. The number of amides is 2. The largest absolute Gasteiger partial charge is 0.481 e. The van der Waals surface area contributed by atoms with E-state index in [1.54, 1.807) is 27.7 Å². The fourth-order valence-electron chi connectivity index (χ4n) is 2.94. The Bertz CT molecular complexity index is 403. The monoisotopic (exact) mass is 268 g/mol. The molecule has 2 N–H and O–H groups in total. The third kappa shape index (κ3) is 2.30. The summed E-state index contributed by atoms with van der Waals surface area (Å²) in [5, 5.41) is 12.2. The van der Waals surface area contributed by atoms with Crippen LogP contribution >= 0.6 is 0 Å². The Labute approximate surface area is 114 Å². The van der Waals surface area contributed by atoms with Crippen LogP contribution in [0, 0.1) is 11.3 Å². The van der Waals surface area contributed by atoms with E-state index in [2.05, 4.69) is 5.32 Å². The van der Waals surface area contributed by atoms with Crippen LogP contribution in [0.1, 0.15) is 47.0 Å². The molecule has 2 bridgehead atoms. The summed E-state index contributed by atoms with van der Waals surface area (Å²) >= 11 is 0. The van der Waals surface area contributed by atoms with E-state index in [-0.39, 0.29) is 6.03 Å². The molecule has 0 aromatic heterocycles. The van der Waals surface area contributed by atoms with Crippen LogP contribution in [0.25, 0.3) is 0 Å². The van der Waals surface area contributed by atoms with Gasteiger partial charge in [0.15, 0.2) is 0 Å². The second kappa shape index (κ2) is 4.39. The molecule has 1 heterocycles. The van der Waals surface area contributed by atoms with Gasteiger partial charge in [0.1, 0.15) is 0 Å². The average Bonchev–Trinajstić information content (AvgIpc) is 2.89. The zero-order valence-corrected chi connectivity index (χ0v) is 12.2. The van der Waals surface area contributed by atoms with Crippen LogP contribution in [-0.2, 0) is 4.79 Å². The first-order valence-corrected chi connectivity index (χ1v) is 6.97. The second-order valence-corrected chi connectivity index (χ2v) is 6.97. The number of nitrogens with one attached hydrogen (secondary N) is 1. The minimum Gasteiger partial charge on any atom is -0.481 e. The van der Waals surface area contributed by atoms with E-state index in [0.717, 1.165) is 19.4 Å². The third-order valence-corrected chi connectivity index (χ3v) is 5.19. The van der Waals surface area contributed by atoms with E-state index in [1.165, 1.54) is 6.42 Å². The van der Waals surface area contributed by atoms with Crippen molar-refractivity contribution in [3.8, 4) is 0 Å². The maximum Gasteiger partial charge on any atom is 0.318 e. The molecule has 0 radical (unpaired) electrons.